The number of hydrogen-bond acceptors (Lipinski definition) is 3. The fourth-order valence-corrected chi connectivity index (χ4v) is 11.3. The Morgan fingerprint density at radius 3 is 1.45 bits per heavy atom. The molecular formula is C15H39N3Si2. The van der Waals surface area contributed by atoms with E-state index in [0.29, 0.717) is 0 Å². The van der Waals surface area contributed by atoms with E-state index in [2.05, 4.69) is 68.9 Å². The Kier molecular flexibility index (Phi) is 8.82. The second-order valence-corrected chi connectivity index (χ2v) is 17.1. The summed E-state index contributed by atoms with van der Waals surface area (Å²) < 4.78 is 4.08. The minimum Gasteiger partial charge on any atom is -0.335 e. The summed E-state index contributed by atoms with van der Waals surface area (Å²) >= 11 is 0. The summed E-state index contributed by atoms with van der Waals surface area (Å²) in [5.41, 5.74) is 0. The van der Waals surface area contributed by atoms with Gasteiger partial charge in [0.1, 0.15) is 8.24 Å². The molecule has 0 saturated heterocycles. The van der Waals surface area contributed by atoms with E-state index in [9.17, 15) is 0 Å². The molecule has 122 valence electrons. The molecule has 0 bridgehead atoms. The fraction of sp³-hybridized carbons (Fsp3) is 1.00. The van der Waals surface area contributed by atoms with E-state index in [-0.39, 0.29) is 5.04 Å². The maximum Gasteiger partial charge on any atom is 0.280 e. The zero-order chi connectivity index (χ0) is 15.9. The van der Waals surface area contributed by atoms with Crippen molar-refractivity contribution in [1.82, 2.24) is 14.6 Å². The normalized spacial score (nSPS) is 13.8. The molecule has 3 nitrogen and oxygen atoms in total. The Balaban J connectivity index is 5.07. The van der Waals surface area contributed by atoms with Crippen LogP contribution in [0.5, 0.6) is 0 Å². The van der Waals surface area contributed by atoms with Crippen molar-refractivity contribution in [2.75, 3.05) is 13.1 Å². The summed E-state index contributed by atoms with van der Waals surface area (Å²) in [4.78, 5) is 7.88. The minimum absolute atomic E-state index is 0.259. The van der Waals surface area contributed by atoms with Gasteiger partial charge in [0.25, 0.3) is 8.56 Å². The van der Waals surface area contributed by atoms with Crippen molar-refractivity contribution < 1.29 is 0 Å². The Morgan fingerprint density at radius 2 is 1.20 bits per heavy atom. The highest BCUT2D eigenvalue weighted by molar-refractivity contribution is 6.90. The van der Waals surface area contributed by atoms with Crippen LogP contribution in [0.25, 0.3) is 0 Å². The molecule has 0 aromatic heterocycles. The van der Waals surface area contributed by atoms with Crippen LogP contribution < -0.4 is 14.6 Å². The molecule has 0 amide bonds. The van der Waals surface area contributed by atoms with Crippen LogP contribution in [0.3, 0.4) is 0 Å². The molecule has 0 aromatic rings. The topological polar surface area (TPSA) is 36.1 Å². The van der Waals surface area contributed by atoms with E-state index in [1.165, 1.54) is 25.7 Å². The smallest absolute Gasteiger partial charge is 0.280 e. The van der Waals surface area contributed by atoms with Gasteiger partial charge in [0.05, 0.1) is 0 Å². The van der Waals surface area contributed by atoms with Gasteiger partial charge in [0.15, 0.2) is 0 Å². The number of hydrogen-bond donors (Lipinski definition) is 3. The average Bonchev–Trinajstić information content (AvgIpc) is 2.25. The second-order valence-electron chi connectivity index (χ2n) is 7.94. The standard InChI is InChI=1S/C15H39N3Si2/c1-9-11-13-16-20(15(3,4)5,17-14-12-10-2)18-19(6,7)8/h16-18H,9-14H2,1-8H3. The predicted molar refractivity (Wildman–Crippen MR) is 97.8 cm³/mol. The summed E-state index contributed by atoms with van der Waals surface area (Å²) in [6.45, 7) is 21.1. The van der Waals surface area contributed by atoms with Gasteiger partial charge in [-0.05, 0) is 31.0 Å². The average molecular weight is 318 g/mol. The Labute approximate surface area is 130 Å². The first kappa shape index (κ1) is 20.3. The number of rotatable bonds is 10. The summed E-state index contributed by atoms with van der Waals surface area (Å²) in [5, 5.41) is 0.259. The SMILES string of the molecule is CCCCN[Si](NCCCC)(N[Si](C)(C)C)C(C)(C)C. The molecule has 20 heavy (non-hydrogen) atoms. The van der Waals surface area contributed by atoms with Crippen molar-refractivity contribution >= 4 is 16.8 Å². The van der Waals surface area contributed by atoms with Gasteiger partial charge < -0.3 is 14.6 Å². The summed E-state index contributed by atoms with van der Waals surface area (Å²) in [7, 11) is -3.23. The first-order chi connectivity index (χ1) is 9.08. The molecule has 0 spiro atoms. The maximum atomic E-state index is 4.08. The van der Waals surface area contributed by atoms with Crippen molar-refractivity contribution in [3.8, 4) is 0 Å². The van der Waals surface area contributed by atoms with E-state index in [1.54, 1.807) is 0 Å². The van der Waals surface area contributed by atoms with Crippen molar-refractivity contribution in [2.45, 2.75) is 85.0 Å². The van der Waals surface area contributed by atoms with Gasteiger partial charge in [-0.15, -0.1) is 0 Å². The Bertz CT molecular complexity index is 247. The highest BCUT2D eigenvalue weighted by Crippen LogP contribution is 2.31. The molecule has 0 aliphatic carbocycles. The zero-order valence-corrected chi connectivity index (χ0v) is 17.2. The predicted octanol–water partition coefficient (Wildman–Crippen LogP) is 3.93. The van der Waals surface area contributed by atoms with Gasteiger partial charge in [-0.1, -0.05) is 67.1 Å². The molecule has 5 heteroatoms. The maximum absolute atomic E-state index is 4.08. The van der Waals surface area contributed by atoms with E-state index >= 15 is 0 Å². The summed E-state index contributed by atoms with van der Waals surface area (Å²) in [6, 6.07) is 0. The molecule has 0 rings (SSSR count). The van der Waals surface area contributed by atoms with Crippen LogP contribution >= 0.6 is 0 Å². The Hall–Kier alpha value is 0.314. The zero-order valence-electron chi connectivity index (χ0n) is 15.2. The molecule has 0 heterocycles. The lowest BCUT2D eigenvalue weighted by atomic mass is 10.2. The second kappa shape index (κ2) is 8.68. The van der Waals surface area contributed by atoms with Crippen LogP contribution in [0.1, 0.15) is 60.3 Å². The molecule has 0 atom stereocenters. The van der Waals surface area contributed by atoms with Gasteiger partial charge in [-0.2, -0.15) is 0 Å². The molecule has 0 radical (unpaired) electrons. The van der Waals surface area contributed by atoms with Crippen LogP contribution in [-0.2, 0) is 0 Å². The third-order valence-corrected chi connectivity index (χ3v) is 11.8. The first-order valence-electron chi connectivity index (χ1n) is 8.37. The largest absolute Gasteiger partial charge is 0.335 e. The van der Waals surface area contributed by atoms with Crippen LogP contribution in [0, 0.1) is 0 Å². The summed E-state index contributed by atoms with van der Waals surface area (Å²) in [6.07, 6.45) is 5.02. The fourth-order valence-electron chi connectivity index (χ4n) is 2.34. The molecular weight excluding hydrogens is 278 g/mol. The van der Waals surface area contributed by atoms with E-state index < -0.39 is 16.8 Å². The first-order valence-corrected chi connectivity index (χ1v) is 13.9. The van der Waals surface area contributed by atoms with Crippen LogP contribution in [-0.4, -0.2) is 29.9 Å². The van der Waals surface area contributed by atoms with Gasteiger partial charge in [0.2, 0.25) is 0 Å². The molecule has 0 aliphatic heterocycles. The summed E-state index contributed by atoms with van der Waals surface area (Å²) in [5.74, 6) is 0. The molecule has 0 saturated carbocycles. The van der Waals surface area contributed by atoms with Crippen molar-refractivity contribution in [1.29, 1.82) is 0 Å². The van der Waals surface area contributed by atoms with E-state index in [0.717, 1.165) is 13.1 Å². The Morgan fingerprint density at radius 1 is 0.800 bits per heavy atom. The van der Waals surface area contributed by atoms with E-state index in [4.69, 9.17) is 0 Å². The van der Waals surface area contributed by atoms with Crippen molar-refractivity contribution in [3.63, 3.8) is 0 Å². The molecule has 0 fully saturated rings. The van der Waals surface area contributed by atoms with Gasteiger partial charge in [-0.3, -0.25) is 0 Å². The molecule has 0 aliphatic rings. The lowest BCUT2D eigenvalue weighted by Gasteiger charge is -2.47. The minimum atomic E-state index is -1.90. The lowest BCUT2D eigenvalue weighted by molar-refractivity contribution is 0.599. The third-order valence-electron chi connectivity index (χ3n) is 3.53. The number of nitrogens with one attached hydrogen (secondary N) is 3. The highest BCUT2D eigenvalue weighted by Gasteiger charge is 2.47. The third kappa shape index (κ3) is 7.36. The number of unbranched alkanes of at least 4 members (excludes halogenated alkanes) is 2. The van der Waals surface area contributed by atoms with Gasteiger partial charge in [-0.25, -0.2) is 0 Å². The van der Waals surface area contributed by atoms with E-state index in [1.807, 2.05) is 0 Å². The molecule has 3 N–H and O–H groups in total. The van der Waals surface area contributed by atoms with Crippen molar-refractivity contribution in [2.24, 2.45) is 0 Å². The van der Waals surface area contributed by atoms with Gasteiger partial charge >= 0.3 is 0 Å². The van der Waals surface area contributed by atoms with Crippen LogP contribution in [0.15, 0.2) is 0 Å². The van der Waals surface area contributed by atoms with Crippen LogP contribution in [0.4, 0.5) is 0 Å². The van der Waals surface area contributed by atoms with Crippen molar-refractivity contribution in [3.05, 3.63) is 0 Å². The quantitative estimate of drug-likeness (QED) is 0.422. The highest BCUT2D eigenvalue weighted by atomic mass is 28.4. The van der Waals surface area contributed by atoms with Gasteiger partial charge in [0, 0.05) is 0 Å². The molecule has 0 unspecified atom stereocenters. The molecule has 0 aromatic carbocycles. The lowest BCUT2D eigenvalue weighted by Crippen LogP contribution is -2.81. The van der Waals surface area contributed by atoms with Crippen LogP contribution in [0.2, 0.25) is 24.7 Å². The monoisotopic (exact) mass is 317 g/mol.